The van der Waals surface area contributed by atoms with Gasteiger partial charge < -0.3 is 9.80 Å². The Morgan fingerprint density at radius 2 is 1.06 bits per heavy atom. The van der Waals surface area contributed by atoms with Gasteiger partial charge in [-0.3, -0.25) is 4.57 Å². The highest BCUT2D eigenvalue weighted by molar-refractivity contribution is 6.09. The minimum Gasteiger partial charge on any atom is -0.321 e. The second-order valence-electron chi connectivity index (χ2n) is 13.8. The van der Waals surface area contributed by atoms with E-state index < -0.39 is 12.3 Å². The zero-order valence-electron chi connectivity index (χ0n) is 32.5. The molecule has 0 amide bonds. The average Bonchev–Trinajstić information content (AvgIpc) is 3.81. The first-order valence-electron chi connectivity index (χ1n) is 19.8. The highest BCUT2D eigenvalue weighted by Gasteiger charge is 2.40. The molecular weight excluding hydrogens is 657 g/mol. The van der Waals surface area contributed by atoms with Gasteiger partial charge in [-0.05, 0) is 95.3 Å². The third kappa shape index (κ3) is 5.02. The molecule has 2 aromatic heterocycles. The number of hydrogen-bond acceptors (Lipinski definition) is 3. The zero-order valence-corrected chi connectivity index (χ0v) is 29.5. The van der Waals surface area contributed by atoms with Crippen LogP contribution < -0.4 is 9.80 Å². The normalized spacial score (nSPS) is 13.8. The van der Waals surface area contributed by atoms with Crippen molar-refractivity contribution in [1.82, 2.24) is 9.55 Å². The Kier molecular flexibility index (Phi) is 6.87. The standard InChI is InChI=1S/C50H38N4/c1-36-30-31-51-49(32-36)54-45-25-12-11-24-43(45)44-29-28-40(34-48(44)54)50(37-16-5-2-6-17-37,38-18-7-3-8-19-38)39-20-15-23-42(33-39)53-35-52(41-21-9-4-10-22-41)46-26-13-14-27-47(46)53/h2-34H,35H2,1H3/i1D3. The van der Waals surface area contributed by atoms with Crippen LogP contribution in [-0.2, 0) is 5.41 Å². The summed E-state index contributed by atoms with van der Waals surface area (Å²) in [6.07, 6.45) is 1.60. The molecule has 1 aliphatic heterocycles. The van der Waals surface area contributed by atoms with Crippen LogP contribution in [0.15, 0.2) is 200 Å². The molecule has 0 N–H and O–H groups in total. The molecule has 4 nitrogen and oxygen atoms in total. The molecule has 0 atom stereocenters. The van der Waals surface area contributed by atoms with Gasteiger partial charge >= 0.3 is 0 Å². The van der Waals surface area contributed by atoms with Crippen molar-refractivity contribution < 1.29 is 4.11 Å². The largest absolute Gasteiger partial charge is 0.321 e. The third-order valence-corrected chi connectivity index (χ3v) is 10.9. The van der Waals surface area contributed by atoms with E-state index in [0.717, 1.165) is 61.1 Å². The van der Waals surface area contributed by atoms with Crippen LogP contribution in [-0.4, -0.2) is 16.2 Å². The first-order valence-corrected chi connectivity index (χ1v) is 18.3. The van der Waals surface area contributed by atoms with Crippen molar-refractivity contribution in [1.29, 1.82) is 0 Å². The number of pyridine rings is 1. The molecule has 3 heterocycles. The van der Waals surface area contributed by atoms with Crippen LogP contribution in [0.3, 0.4) is 0 Å². The zero-order chi connectivity index (χ0) is 38.6. The lowest BCUT2D eigenvalue weighted by molar-refractivity contribution is 0.745. The van der Waals surface area contributed by atoms with Gasteiger partial charge in [0.05, 0.1) is 27.8 Å². The van der Waals surface area contributed by atoms with Crippen molar-refractivity contribution >= 4 is 44.6 Å². The summed E-state index contributed by atoms with van der Waals surface area (Å²) >= 11 is 0. The maximum atomic E-state index is 8.19. The van der Waals surface area contributed by atoms with Gasteiger partial charge in [0.1, 0.15) is 12.5 Å². The fraction of sp³-hybridized carbons (Fsp3) is 0.0600. The monoisotopic (exact) mass is 697 g/mol. The predicted octanol–water partition coefficient (Wildman–Crippen LogP) is 12.1. The van der Waals surface area contributed by atoms with Crippen LogP contribution in [0.5, 0.6) is 0 Å². The predicted molar refractivity (Wildman–Crippen MR) is 224 cm³/mol. The Bertz CT molecular complexity index is 2850. The van der Waals surface area contributed by atoms with Gasteiger partial charge in [-0.25, -0.2) is 4.98 Å². The Labute approximate surface area is 320 Å². The van der Waals surface area contributed by atoms with Crippen molar-refractivity contribution in [2.75, 3.05) is 16.5 Å². The van der Waals surface area contributed by atoms with Gasteiger partial charge in [0.15, 0.2) is 0 Å². The topological polar surface area (TPSA) is 24.3 Å². The maximum Gasteiger partial charge on any atom is 0.137 e. The quantitative estimate of drug-likeness (QED) is 0.155. The van der Waals surface area contributed by atoms with Crippen molar-refractivity contribution in [2.45, 2.75) is 12.3 Å². The lowest BCUT2D eigenvalue weighted by Gasteiger charge is -2.37. The average molecular weight is 698 g/mol. The summed E-state index contributed by atoms with van der Waals surface area (Å²) in [6, 6.07) is 68.0. The van der Waals surface area contributed by atoms with E-state index in [-0.39, 0.29) is 5.56 Å². The summed E-state index contributed by atoms with van der Waals surface area (Å²) in [5.41, 5.74) is 10.4. The number of benzene rings is 7. The number of nitrogens with zero attached hydrogens (tertiary/aromatic N) is 4. The minimum absolute atomic E-state index is 0.253. The van der Waals surface area contributed by atoms with E-state index in [9.17, 15) is 0 Å². The van der Waals surface area contributed by atoms with Gasteiger partial charge in [-0.15, -0.1) is 0 Å². The molecule has 0 radical (unpaired) electrons. The maximum absolute atomic E-state index is 8.19. The summed E-state index contributed by atoms with van der Waals surface area (Å²) < 4.78 is 26.7. The van der Waals surface area contributed by atoms with E-state index >= 15 is 0 Å². The Morgan fingerprint density at radius 1 is 0.481 bits per heavy atom. The van der Waals surface area contributed by atoms with Crippen molar-refractivity contribution in [3.05, 3.63) is 228 Å². The van der Waals surface area contributed by atoms with E-state index in [4.69, 9.17) is 9.10 Å². The molecule has 7 aromatic carbocycles. The number of anilines is 4. The van der Waals surface area contributed by atoms with Gasteiger partial charge in [-0.1, -0.05) is 133 Å². The van der Waals surface area contributed by atoms with E-state index in [2.05, 4.69) is 184 Å². The molecule has 0 bridgehead atoms. The molecule has 4 heteroatoms. The summed E-state index contributed by atoms with van der Waals surface area (Å²) in [5, 5.41) is 2.14. The van der Waals surface area contributed by atoms with E-state index in [1.807, 2.05) is 12.1 Å². The first kappa shape index (κ1) is 28.6. The molecule has 54 heavy (non-hydrogen) atoms. The molecular formula is C50H38N4. The third-order valence-electron chi connectivity index (χ3n) is 10.9. The van der Waals surface area contributed by atoms with Gasteiger partial charge in [-0.2, -0.15) is 0 Å². The van der Waals surface area contributed by atoms with Crippen LogP contribution in [0.25, 0.3) is 27.6 Å². The van der Waals surface area contributed by atoms with E-state index in [1.54, 1.807) is 18.3 Å². The number of aromatic nitrogens is 2. The Balaban J connectivity index is 1.23. The van der Waals surface area contributed by atoms with Crippen LogP contribution in [0.4, 0.5) is 22.7 Å². The second-order valence-corrected chi connectivity index (χ2v) is 13.8. The highest BCUT2D eigenvalue weighted by Crippen LogP contribution is 2.49. The number of fused-ring (bicyclic) bond motifs is 4. The molecule has 0 saturated heterocycles. The number of aryl methyl sites for hydroxylation is 1. The molecule has 258 valence electrons. The number of rotatable bonds is 7. The highest BCUT2D eigenvalue weighted by atomic mass is 15.4. The molecule has 0 spiro atoms. The smallest absolute Gasteiger partial charge is 0.137 e. The second kappa shape index (κ2) is 12.9. The Morgan fingerprint density at radius 3 is 1.78 bits per heavy atom. The number of hydrogen-bond donors (Lipinski definition) is 0. The molecule has 0 unspecified atom stereocenters. The van der Waals surface area contributed by atoms with Crippen LogP contribution in [0, 0.1) is 6.85 Å². The van der Waals surface area contributed by atoms with Crippen LogP contribution >= 0.6 is 0 Å². The molecule has 9 aromatic rings. The van der Waals surface area contributed by atoms with Crippen LogP contribution in [0.2, 0.25) is 0 Å². The summed E-state index contributed by atoms with van der Waals surface area (Å²) in [6.45, 7) is -1.60. The summed E-state index contributed by atoms with van der Waals surface area (Å²) in [5.74, 6) is 0.565. The lowest BCUT2D eigenvalue weighted by Crippen LogP contribution is -2.31. The van der Waals surface area contributed by atoms with Crippen LogP contribution in [0.1, 0.15) is 31.9 Å². The van der Waals surface area contributed by atoms with Gasteiger partial charge in [0.2, 0.25) is 0 Å². The van der Waals surface area contributed by atoms with Gasteiger partial charge in [0.25, 0.3) is 0 Å². The lowest BCUT2D eigenvalue weighted by atomic mass is 9.65. The molecule has 0 aliphatic carbocycles. The molecule has 0 saturated carbocycles. The molecule has 1 aliphatic rings. The minimum atomic E-state index is -2.27. The van der Waals surface area contributed by atoms with Crippen molar-refractivity contribution in [2.24, 2.45) is 0 Å². The fourth-order valence-electron chi connectivity index (χ4n) is 8.54. The SMILES string of the molecule is [2H]C([2H])([2H])c1ccnc(-n2c3ccccc3c3ccc(C(c4ccccc4)(c4ccccc4)c4cccc(N5CN(c6ccccc6)c6ccccc65)c4)cc32)c1. The summed E-state index contributed by atoms with van der Waals surface area (Å²) in [4.78, 5) is 9.53. The fourth-order valence-corrected chi connectivity index (χ4v) is 8.54. The summed E-state index contributed by atoms with van der Waals surface area (Å²) in [7, 11) is 0. The molecule has 0 fully saturated rings. The Hall–Kier alpha value is -6.91. The number of para-hydroxylation sites is 4. The molecule has 10 rings (SSSR count). The van der Waals surface area contributed by atoms with Gasteiger partial charge in [0, 0.05) is 32.5 Å². The van der Waals surface area contributed by atoms with Crippen molar-refractivity contribution in [3.63, 3.8) is 0 Å². The van der Waals surface area contributed by atoms with E-state index in [1.165, 1.54) is 5.69 Å². The van der Waals surface area contributed by atoms with Crippen molar-refractivity contribution in [3.8, 4) is 5.82 Å². The first-order chi connectivity index (χ1) is 27.9. The van der Waals surface area contributed by atoms with E-state index in [0.29, 0.717) is 12.5 Å².